The van der Waals surface area contributed by atoms with E-state index in [9.17, 15) is 4.79 Å². The van der Waals surface area contributed by atoms with Gasteiger partial charge in [0.25, 0.3) is 0 Å². The Morgan fingerprint density at radius 3 is 2.64 bits per heavy atom. The Balaban J connectivity index is 1.31. The van der Waals surface area contributed by atoms with Gasteiger partial charge in [-0.25, -0.2) is 4.79 Å². The number of rotatable bonds is 5. The quantitative estimate of drug-likeness (QED) is 0.736. The van der Waals surface area contributed by atoms with E-state index in [0.29, 0.717) is 26.2 Å². The third kappa shape index (κ3) is 4.69. The molecule has 1 saturated heterocycles. The van der Waals surface area contributed by atoms with Crippen molar-refractivity contribution in [3.63, 3.8) is 0 Å². The number of nitrogens with zero attached hydrogens (tertiary/aromatic N) is 3. The van der Waals surface area contributed by atoms with Crippen LogP contribution in [0.2, 0.25) is 0 Å². The third-order valence-corrected chi connectivity index (χ3v) is 4.46. The maximum atomic E-state index is 12.6. The number of ether oxygens (including phenoxy) is 2. The number of nitrogens with one attached hydrogen (secondary N) is 1. The average Bonchev–Trinajstić information content (AvgIpc) is 3.23. The molecule has 0 spiro atoms. The molecular formula is C21H22N4O3. The van der Waals surface area contributed by atoms with Gasteiger partial charge in [-0.05, 0) is 42.5 Å². The number of hydrogen-bond donors (Lipinski definition) is 1. The number of anilines is 1. The normalized spacial score (nSPS) is 16.6. The summed E-state index contributed by atoms with van der Waals surface area (Å²) in [5, 5.41) is 7.13. The molecule has 4 rings (SSSR count). The average molecular weight is 378 g/mol. The van der Waals surface area contributed by atoms with Crippen molar-refractivity contribution in [1.82, 2.24) is 14.7 Å². The molecular weight excluding hydrogens is 356 g/mol. The summed E-state index contributed by atoms with van der Waals surface area (Å²) < 4.78 is 13.3. The number of carbonyl (C=O) groups is 1. The fourth-order valence-electron chi connectivity index (χ4n) is 3.06. The Labute approximate surface area is 163 Å². The molecule has 3 aromatic rings. The molecule has 0 bridgehead atoms. The predicted octanol–water partition coefficient (Wildman–Crippen LogP) is 3.61. The summed E-state index contributed by atoms with van der Waals surface area (Å²) in [4.78, 5) is 14.4. The summed E-state index contributed by atoms with van der Waals surface area (Å²) in [7, 11) is 0. The topological polar surface area (TPSA) is 68.6 Å². The van der Waals surface area contributed by atoms with Crippen molar-refractivity contribution < 1.29 is 14.3 Å². The minimum atomic E-state index is -0.134. The Morgan fingerprint density at radius 1 is 1.11 bits per heavy atom. The second-order valence-electron chi connectivity index (χ2n) is 6.54. The van der Waals surface area contributed by atoms with Crippen LogP contribution in [-0.2, 0) is 11.3 Å². The molecule has 2 heterocycles. The lowest BCUT2D eigenvalue weighted by molar-refractivity contribution is -0.0219. The Hall–Kier alpha value is -3.32. The summed E-state index contributed by atoms with van der Waals surface area (Å²) >= 11 is 0. The number of hydrogen-bond acceptors (Lipinski definition) is 4. The molecule has 0 saturated carbocycles. The van der Waals surface area contributed by atoms with Crippen LogP contribution in [-0.4, -0.2) is 46.5 Å². The van der Waals surface area contributed by atoms with E-state index in [4.69, 9.17) is 9.47 Å². The molecule has 1 N–H and O–H groups in total. The maximum Gasteiger partial charge on any atom is 0.322 e. The van der Waals surface area contributed by atoms with E-state index in [2.05, 4.69) is 10.4 Å². The van der Waals surface area contributed by atoms with Crippen LogP contribution >= 0.6 is 0 Å². The second kappa shape index (κ2) is 8.58. The van der Waals surface area contributed by atoms with Crippen LogP contribution in [0.4, 0.5) is 10.5 Å². The molecule has 1 aromatic heterocycles. The van der Waals surface area contributed by atoms with Crippen LogP contribution in [0.25, 0.3) is 0 Å². The van der Waals surface area contributed by atoms with Crippen LogP contribution in [0.1, 0.15) is 0 Å². The highest BCUT2D eigenvalue weighted by Gasteiger charge is 2.24. The molecule has 1 aliphatic rings. The van der Waals surface area contributed by atoms with Crippen molar-refractivity contribution in [1.29, 1.82) is 0 Å². The van der Waals surface area contributed by atoms with Gasteiger partial charge in [-0.15, -0.1) is 0 Å². The first kappa shape index (κ1) is 18.1. The second-order valence-corrected chi connectivity index (χ2v) is 6.54. The van der Waals surface area contributed by atoms with Crippen molar-refractivity contribution in [3.8, 4) is 11.5 Å². The molecule has 1 fully saturated rings. The van der Waals surface area contributed by atoms with Crippen molar-refractivity contribution >= 4 is 11.7 Å². The lowest BCUT2D eigenvalue weighted by Crippen LogP contribution is -2.48. The summed E-state index contributed by atoms with van der Waals surface area (Å²) in [6.45, 7) is 2.24. The van der Waals surface area contributed by atoms with Crippen LogP contribution < -0.4 is 10.1 Å². The van der Waals surface area contributed by atoms with E-state index in [1.54, 1.807) is 11.1 Å². The molecule has 2 aromatic carbocycles. The van der Waals surface area contributed by atoms with Gasteiger partial charge in [-0.2, -0.15) is 5.10 Å². The highest BCUT2D eigenvalue weighted by molar-refractivity contribution is 5.89. The minimum absolute atomic E-state index is 0.0685. The van der Waals surface area contributed by atoms with Crippen molar-refractivity contribution in [2.45, 2.75) is 12.6 Å². The number of amides is 2. The van der Waals surface area contributed by atoms with E-state index in [1.165, 1.54) is 0 Å². The van der Waals surface area contributed by atoms with Crippen molar-refractivity contribution in [3.05, 3.63) is 73.1 Å². The summed E-state index contributed by atoms with van der Waals surface area (Å²) in [5.74, 6) is 1.49. The van der Waals surface area contributed by atoms with Gasteiger partial charge in [0, 0.05) is 24.6 Å². The first-order chi connectivity index (χ1) is 13.8. The van der Waals surface area contributed by atoms with E-state index in [1.807, 2.05) is 71.5 Å². The molecule has 7 nitrogen and oxygen atoms in total. The van der Waals surface area contributed by atoms with Gasteiger partial charge in [-0.1, -0.05) is 18.2 Å². The van der Waals surface area contributed by atoms with Gasteiger partial charge >= 0.3 is 6.03 Å². The van der Waals surface area contributed by atoms with Crippen LogP contribution in [0, 0.1) is 0 Å². The van der Waals surface area contributed by atoms with E-state index in [-0.39, 0.29) is 12.1 Å². The number of para-hydroxylation sites is 1. The first-order valence-corrected chi connectivity index (χ1v) is 9.24. The fraction of sp³-hybridized carbons (Fsp3) is 0.238. The van der Waals surface area contributed by atoms with E-state index >= 15 is 0 Å². The summed E-state index contributed by atoms with van der Waals surface area (Å²) in [5.41, 5.74) is 0.723. The van der Waals surface area contributed by atoms with Gasteiger partial charge in [0.05, 0.1) is 25.8 Å². The maximum absolute atomic E-state index is 12.6. The molecule has 0 radical (unpaired) electrons. The zero-order chi connectivity index (χ0) is 19.2. The summed E-state index contributed by atoms with van der Waals surface area (Å²) in [6, 6.07) is 18.7. The molecule has 0 unspecified atom stereocenters. The minimum Gasteiger partial charge on any atom is -0.457 e. The highest BCUT2D eigenvalue weighted by Crippen LogP contribution is 2.23. The largest absolute Gasteiger partial charge is 0.457 e. The number of aromatic nitrogens is 2. The van der Waals surface area contributed by atoms with Gasteiger partial charge in [-0.3, -0.25) is 4.68 Å². The monoisotopic (exact) mass is 378 g/mol. The lowest BCUT2D eigenvalue weighted by Gasteiger charge is -2.32. The van der Waals surface area contributed by atoms with Gasteiger partial charge < -0.3 is 19.7 Å². The molecule has 144 valence electrons. The number of morpholine rings is 1. The number of carbonyl (C=O) groups excluding carboxylic acids is 1. The SMILES string of the molecule is O=C(Nc1ccc(Oc2ccccc2)cc1)N1CCO[C@@H](Cn2cccn2)C1. The smallest absolute Gasteiger partial charge is 0.322 e. The fourth-order valence-corrected chi connectivity index (χ4v) is 3.06. The summed E-state index contributed by atoms with van der Waals surface area (Å²) in [6.07, 6.45) is 3.56. The van der Waals surface area contributed by atoms with E-state index < -0.39 is 0 Å². The van der Waals surface area contributed by atoms with Crippen molar-refractivity contribution in [2.24, 2.45) is 0 Å². The number of urea groups is 1. The van der Waals surface area contributed by atoms with Crippen LogP contribution in [0.5, 0.6) is 11.5 Å². The zero-order valence-electron chi connectivity index (χ0n) is 15.4. The number of benzene rings is 2. The van der Waals surface area contributed by atoms with Crippen LogP contribution in [0.3, 0.4) is 0 Å². The first-order valence-electron chi connectivity index (χ1n) is 9.24. The Bertz CT molecular complexity index is 882. The highest BCUT2D eigenvalue weighted by atomic mass is 16.5. The van der Waals surface area contributed by atoms with Crippen LogP contribution in [0.15, 0.2) is 73.1 Å². The lowest BCUT2D eigenvalue weighted by atomic mass is 10.2. The molecule has 28 heavy (non-hydrogen) atoms. The van der Waals surface area contributed by atoms with Gasteiger partial charge in [0.15, 0.2) is 0 Å². The molecule has 7 heteroatoms. The third-order valence-electron chi connectivity index (χ3n) is 4.46. The zero-order valence-corrected chi connectivity index (χ0v) is 15.4. The molecule has 0 aliphatic carbocycles. The standard InChI is InChI=1S/C21H22N4O3/c26-21(24-13-14-27-20(15-24)16-25-12-4-11-22-25)23-17-7-9-19(10-8-17)28-18-5-2-1-3-6-18/h1-12,20H,13-16H2,(H,23,26)/t20-/m1/s1. The Morgan fingerprint density at radius 2 is 1.89 bits per heavy atom. The van der Waals surface area contributed by atoms with Crippen molar-refractivity contribution in [2.75, 3.05) is 25.0 Å². The Kier molecular flexibility index (Phi) is 5.53. The van der Waals surface area contributed by atoms with E-state index in [0.717, 1.165) is 17.2 Å². The molecule has 1 aliphatic heterocycles. The molecule has 1 atom stereocenters. The van der Waals surface area contributed by atoms with Gasteiger partial charge in [0.2, 0.25) is 0 Å². The van der Waals surface area contributed by atoms with Gasteiger partial charge in [0.1, 0.15) is 11.5 Å². The predicted molar refractivity (Wildman–Crippen MR) is 106 cm³/mol. The molecule has 2 amide bonds.